The van der Waals surface area contributed by atoms with Crippen molar-refractivity contribution in [3.63, 3.8) is 0 Å². The van der Waals surface area contributed by atoms with Crippen molar-refractivity contribution in [1.29, 1.82) is 0 Å². The topological polar surface area (TPSA) is 68.3 Å². The Labute approximate surface area is 171 Å². The molecule has 1 heterocycles. The molecule has 0 spiro atoms. The SMILES string of the molecule is COC(=O)[C@H](Cc1ccc(C(C)(C)C)cc1)NC(=O)c1ccnc2ccccc12. The quantitative estimate of drug-likeness (QED) is 0.668. The van der Waals surface area contributed by atoms with Crippen LogP contribution < -0.4 is 5.32 Å². The van der Waals surface area contributed by atoms with Gasteiger partial charge < -0.3 is 10.1 Å². The molecule has 2 aromatic carbocycles. The molecule has 1 N–H and O–H groups in total. The van der Waals surface area contributed by atoms with Crippen molar-refractivity contribution in [3.8, 4) is 0 Å². The number of nitrogens with zero attached hydrogens (tertiary/aromatic N) is 1. The van der Waals surface area contributed by atoms with E-state index in [1.54, 1.807) is 12.3 Å². The fourth-order valence-electron chi connectivity index (χ4n) is 3.24. The maximum atomic E-state index is 12.9. The van der Waals surface area contributed by atoms with E-state index in [0.29, 0.717) is 12.0 Å². The number of amides is 1. The van der Waals surface area contributed by atoms with Crippen molar-refractivity contribution in [2.45, 2.75) is 38.6 Å². The highest BCUT2D eigenvalue weighted by Gasteiger charge is 2.24. The molecule has 0 aliphatic heterocycles. The number of hydrogen-bond acceptors (Lipinski definition) is 4. The van der Waals surface area contributed by atoms with Gasteiger partial charge in [0.15, 0.2) is 0 Å². The second-order valence-electron chi connectivity index (χ2n) is 8.08. The lowest BCUT2D eigenvalue weighted by atomic mass is 9.86. The molecule has 150 valence electrons. The van der Waals surface area contributed by atoms with Crippen LogP contribution in [0.25, 0.3) is 10.9 Å². The summed E-state index contributed by atoms with van der Waals surface area (Å²) >= 11 is 0. The standard InChI is InChI=1S/C24H26N2O3/c1-24(2,3)17-11-9-16(10-12-17)15-21(23(28)29-4)26-22(27)19-13-14-25-20-8-6-5-7-18(19)20/h5-14,21H,15H2,1-4H3,(H,26,27)/t21-/m0/s1. The number of esters is 1. The molecule has 0 radical (unpaired) electrons. The highest BCUT2D eigenvalue weighted by Crippen LogP contribution is 2.23. The molecule has 0 saturated heterocycles. The van der Waals surface area contributed by atoms with Crippen LogP contribution in [0.2, 0.25) is 0 Å². The third kappa shape index (κ3) is 4.80. The van der Waals surface area contributed by atoms with Gasteiger partial charge in [-0.3, -0.25) is 9.78 Å². The van der Waals surface area contributed by atoms with Crippen LogP contribution in [-0.2, 0) is 21.4 Å². The number of pyridine rings is 1. The first-order chi connectivity index (χ1) is 13.8. The Hall–Kier alpha value is -3.21. The molecule has 0 unspecified atom stereocenters. The van der Waals surface area contributed by atoms with E-state index in [1.165, 1.54) is 12.7 Å². The van der Waals surface area contributed by atoms with Gasteiger partial charge in [-0.25, -0.2) is 4.79 Å². The molecule has 5 nitrogen and oxygen atoms in total. The van der Waals surface area contributed by atoms with Crippen LogP contribution in [0.1, 0.15) is 42.3 Å². The third-order valence-electron chi connectivity index (χ3n) is 4.94. The minimum absolute atomic E-state index is 0.0525. The Balaban J connectivity index is 1.82. The number of para-hydroxylation sites is 1. The third-order valence-corrected chi connectivity index (χ3v) is 4.94. The predicted molar refractivity (Wildman–Crippen MR) is 114 cm³/mol. The van der Waals surface area contributed by atoms with Gasteiger partial charge in [-0.15, -0.1) is 0 Å². The lowest BCUT2D eigenvalue weighted by Crippen LogP contribution is -2.43. The molecule has 0 aliphatic carbocycles. The van der Waals surface area contributed by atoms with E-state index in [2.05, 4.69) is 43.2 Å². The fraction of sp³-hybridized carbons (Fsp3) is 0.292. The van der Waals surface area contributed by atoms with E-state index >= 15 is 0 Å². The van der Waals surface area contributed by atoms with Gasteiger partial charge in [-0.1, -0.05) is 63.2 Å². The lowest BCUT2D eigenvalue weighted by molar-refractivity contribution is -0.142. The smallest absolute Gasteiger partial charge is 0.328 e. The lowest BCUT2D eigenvalue weighted by Gasteiger charge is -2.20. The van der Waals surface area contributed by atoms with Gasteiger partial charge in [0.1, 0.15) is 6.04 Å². The molecule has 5 heteroatoms. The number of fused-ring (bicyclic) bond motifs is 1. The Morgan fingerprint density at radius 1 is 1.03 bits per heavy atom. The van der Waals surface area contributed by atoms with E-state index < -0.39 is 12.0 Å². The molecule has 3 aromatic rings. The van der Waals surface area contributed by atoms with Crippen molar-refractivity contribution in [2.75, 3.05) is 7.11 Å². The van der Waals surface area contributed by atoms with Crippen molar-refractivity contribution in [2.24, 2.45) is 0 Å². The number of aromatic nitrogens is 1. The van der Waals surface area contributed by atoms with Crippen LogP contribution in [0.3, 0.4) is 0 Å². The largest absolute Gasteiger partial charge is 0.467 e. The van der Waals surface area contributed by atoms with Gasteiger partial charge in [-0.2, -0.15) is 0 Å². The maximum absolute atomic E-state index is 12.9. The number of rotatable bonds is 5. The maximum Gasteiger partial charge on any atom is 0.328 e. The zero-order valence-electron chi connectivity index (χ0n) is 17.2. The average molecular weight is 390 g/mol. The van der Waals surface area contributed by atoms with Gasteiger partial charge in [0, 0.05) is 18.0 Å². The Morgan fingerprint density at radius 2 is 1.72 bits per heavy atom. The van der Waals surface area contributed by atoms with Crippen LogP contribution in [0.5, 0.6) is 0 Å². The van der Waals surface area contributed by atoms with E-state index in [4.69, 9.17) is 4.74 Å². The second-order valence-corrected chi connectivity index (χ2v) is 8.08. The van der Waals surface area contributed by atoms with E-state index in [1.807, 2.05) is 36.4 Å². The van der Waals surface area contributed by atoms with Crippen LogP contribution in [-0.4, -0.2) is 30.0 Å². The number of nitrogens with one attached hydrogen (secondary N) is 1. The van der Waals surface area contributed by atoms with Gasteiger partial charge in [0.25, 0.3) is 5.91 Å². The average Bonchev–Trinajstić information content (AvgIpc) is 2.72. The summed E-state index contributed by atoms with van der Waals surface area (Å²) in [7, 11) is 1.33. The molecule has 0 saturated carbocycles. The minimum Gasteiger partial charge on any atom is -0.467 e. The Morgan fingerprint density at radius 3 is 2.38 bits per heavy atom. The molecular weight excluding hydrogens is 364 g/mol. The minimum atomic E-state index is -0.778. The summed E-state index contributed by atoms with van der Waals surface area (Å²) in [5, 5.41) is 3.57. The van der Waals surface area contributed by atoms with E-state index in [-0.39, 0.29) is 11.3 Å². The first-order valence-electron chi connectivity index (χ1n) is 9.61. The Kier molecular flexibility index (Phi) is 5.97. The number of hydrogen-bond donors (Lipinski definition) is 1. The number of carbonyl (C=O) groups is 2. The predicted octanol–water partition coefficient (Wildman–Crippen LogP) is 4.05. The zero-order valence-corrected chi connectivity index (χ0v) is 17.2. The van der Waals surface area contributed by atoms with E-state index in [0.717, 1.165) is 16.5 Å². The first-order valence-corrected chi connectivity index (χ1v) is 9.61. The summed E-state index contributed by atoms with van der Waals surface area (Å²) in [5.74, 6) is -0.804. The molecule has 29 heavy (non-hydrogen) atoms. The van der Waals surface area contributed by atoms with Crippen molar-refractivity contribution in [1.82, 2.24) is 10.3 Å². The van der Waals surface area contributed by atoms with Crippen LogP contribution in [0.4, 0.5) is 0 Å². The van der Waals surface area contributed by atoms with E-state index in [9.17, 15) is 9.59 Å². The second kappa shape index (κ2) is 8.43. The van der Waals surface area contributed by atoms with Crippen molar-refractivity contribution >= 4 is 22.8 Å². The number of ether oxygens (including phenoxy) is 1. The summed E-state index contributed by atoms with van der Waals surface area (Å²) in [6.07, 6.45) is 1.95. The summed E-state index contributed by atoms with van der Waals surface area (Å²) in [5.41, 5.74) is 3.42. The molecular formula is C24H26N2O3. The summed E-state index contributed by atoms with van der Waals surface area (Å²) in [6, 6.07) is 16.4. The number of carbonyl (C=O) groups excluding carboxylic acids is 2. The first kappa shape index (κ1) is 20.5. The molecule has 0 aliphatic rings. The molecule has 0 fully saturated rings. The highest BCUT2D eigenvalue weighted by molar-refractivity contribution is 6.07. The van der Waals surface area contributed by atoms with Gasteiger partial charge in [-0.05, 0) is 28.7 Å². The Bertz CT molecular complexity index is 1010. The fourth-order valence-corrected chi connectivity index (χ4v) is 3.24. The molecule has 3 rings (SSSR count). The summed E-state index contributed by atoms with van der Waals surface area (Å²) in [4.78, 5) is 29.5. The summed E-state index contributed by atoms with van der Waals surface area (Å²) in [6.45, 7) is 6.45. The van der Waals surface area contributed by atoms with Gasteiger partial charge >= 0.3 is 5.97 Å². The molecule has 0 bridgehead atoms. The van der Waals surface area contributed by atoms with Crippen molar-refractivity contribution in [3.05, 3.63) is 77.5 Å². The monoisotopic (exact) mass is 390 g/mol. The van der Waals surface area contributed by atoms with Crippen molar-refractivity contribution < 1.29 is 14.3 Å². The molecule has 1 amide bonds. The normalized spacial score (nSPS) is 12.4. The molecule has 1 atom stereocenters. The van der Waals surface area contributed by atoms with Crippen LogP contribution >= 0.6 is 0 Å². The van der Waals surface area contributed by atoms with Gasteiger partial charge in [0.2, 0.25) is 0 Å². The van der Waals surface area contributed by atoms with Gasteiger partial charge in [0.05, 0.1) is 18.2 Å². The molecule has 1 aromatic heterocycles. The zero-order chi connectivity index (χ0) is 21.0. The van der Waals surface area contributed by atoms with Crippen LogP contribution in [0, 0.1) is 0 Å². The highest BCUT2D eigenvalue weighted by atomic mass is 16.5. The van der Waals surface area contributed by atoms with Crippen LogP contribution in [0.15, 0.2) is 60.8 Å². The summed E-state index contributed by atoms with van der Waals surface area (Å²) < 4.78 is 4.92. The number of benzene rings is 2. The number of methoxy groups -OCH3 is 1.